The highest BCUT2D eigenvalue weighted by Gasteiger charge is 2.19. The minimum atomic E-state index is -3.57. The van der Waals surface area contributed by atoms with E-state index in [2.05, 4.69) is 18.6 Å². The van der Waals surface area contributed by atoms with Crippen LogP contribution in [0.1, 0.15) is 30.9 Å². The van der Waals surface area contributed by atoms with Crippen molar-refractivity contribution in [2.24, 2.45) is 0 Å². The van der Waals surface area contributed by atoms with Gasteiger partial charge in [0, 0.05) is 12.1 Å². The van der Waals surface area contributed by atoms with Gasteiger partial charge in [0.1, 0.15) is 5.75 Å². The molecular weight excluding hydrogens is 298 g/mol. The van der Waals surface area contributed by atoms with E-state index in [0.29, 0.717) is 18.2 Å². The first kappa shape index (κ1) is 14.9. The van der Waals surface area contributed by atoms with E-state index in [1.807, 2.05) is 12.1 Å². The van der Waals surface area contributed by atoms with Gasteiger partial charge in [-0.3, -0.25) is 4.72 Å². The van der Waals surface area contributed by atoms with Crippen LogP contribution in [-0.2, 0) is 16.4 Å². The lowest BCUT2D eigenvalue weighted by molar-refractivity contribution is 0.356. The fourth-order valence-electron chi connectivity index (χ4n) is 2.48. The molecule has 2 aromatic rings. The van der Waals surface area contributed by atoms with E-state index in [1.54, 1.807) is 30.3 Å². The predicted molar refractivity (Wildman–Crippen MR) is 87.0 cm³/mol. The number of sulfonamides is 1. The van der Waals surface area contributed by atoms with E-state index in [1.165, 1.54) is 5.56 Å². The Morgan fingerprint density at radius 3 is 2.50 bits per heavy atom. The zero-order valence-electron chi connectivity index (χ0n) is 12.7. The zero-order chi connectivity index (χ0) is 15.7. The molecule has 1 N–H and O–H groups in total. The van der Waals surface area contributed by atoms with E-state index in [-0.39, 0.29) is 4.90 Å². The maximum Gasteiger partial charge on any atom is 0.261 e. The molecule has 1 aliphatic heterocycles. The van der Waals surface area contributed by atoms with Gasteiger partial charge in [-0.15, -0.1) is 0 Å². The fourth-order valence-corrected chi connectivity index (χ4v) is 3.59. The monoisotopic (exact) mass is 317 g/mol. The average Bonchev–Trinajstić information content (AvgIpc) is 2.94. The highest BCUT2D eigenvalue weighted by molar-refractivity contribution is 7.92. The molecule has 0 saturated carbocycles. The first-order chi connectivity index (χ1) is 10.5. The van der Waals surface area contributed by atoms with Gasteiger partial charge in [-0.1, -0.05) is 26.0 Å². The molecule has 2 aromatic carbocycles. The van der Waals surface area contributed by atoms with Crippen molar-refractivity contribution < 1.29 is 13.2 Å². The predicted octanol–water partition coefficient (Wildman–Crippen LogP) is 3.55. The van der Waals surface area contributed by atoms with Crippen LogP contribution in [0.2, 0.25) is 0 Å². The third kappa shape index (κ3) is 2.95. The van der Waals surface area contributed by atoms with Crippen LogP contribution in [0, 0.1) is 0 Å². The molecular formula is C17H19NO3S. The summed E-state index contributed by atoms with van der Waals surface area (Å²) in [6.45, 7) is 4.82. The van der Waals surface area contributed by atoms with Crippen LogP contribution in [0.4, 0.5) is 5.69 Å². The van der Waals surface area contributed by atoms with Crippen LogP contribution in [0.3, 0.4) is 0 Å². The second kappa shape index (κ2) is 5.65. The third-order valence-corrected chi connectivity index (χ3v) is 5.18. The van der Waals surface area contributed by atoms with Crippen LogP contribution in [0.25, 0.3) is 0 Å². The summed E-state index contributed by atoms with van der Waals surface area (Å²) in [5.41, 5.74) is 2.69. The first-order valence-corrected chi connectivity index (χ1v) is 8.82. The molecule has 4 nitrogen and oxygen atoms in total. The van der Waals surface area contributed by atoms with E-state index in [4.69, 9.17) is 4.74 Å². The van der Waals surface area contributed by atoms with E-state index < -0.39 is 10.0 Å². The highest BCUT2D eigenvalue weighted by Crippen LogP contribution is 2.28. The van der Waals surface area contributed by atoms with Crippen LogP contribution in [0.5, 0.6) is 5.75 Å². The molecule has 22 heavy (non-hydrogen) atoms. The molecule has 0 fully saturated rings. The van der Waals surface area contributed by atoms with Gasteiger partial charge in [0.2, 0.25) is 0 Å². The number of anilines is 1. The van der Waals surface area contributed by atoms with Crippen molar-refractivity contribution in [2.75, 3.05) is 11.3 Å². The molecule has 5 heteroatoms. The van der Waals surface area contributed by atoms with Crippen LogP contribution in [-0.4, -0.2) is 15.0 Å². The molecule has 0 saturated heterocycles. The van der Waals surface area contributed by atoms with Crippen molar-refractivity contribution in [3.8, 4) is 5.75 Å². The van der Waals surface area contributed by atoms with Gasteiger partial charge in [0.15, 0.2) is 0 Å². The molecule has 1 heterocycles. The van der Waals surface area contributed by atoms with Gasteiger partial charge in [0.05, 0.1) is 11.5 Å². The van der Waals surface area contributed by atoms with Gasteiger partial charge in [-0.05, 0) is 47.4 Å². The summed E-state index contributed by atoms with van der Waals surface area (Å²) in [5, 5.41) is 0. The number of hydrogen-bond donors (Lipinski definition) is 1. The molecule has 0 radical (unpaired) electrons. The van der Waals surface area contributed by atoms with Crippen molar-refractivity contribution >= 4 is 15.7 Å². The highest BCUT2D eigenvalue weighted by atomic mass is 32.2. The second-order valence-electron chi connectivity index (χ2n) is 5.75. The SMILES string of the molecule is CC(C)c1ccc(NS(=O)(=O)c2ccc3c(c2)CCO3)cc1. The summed E-state index contributed by atoms with van der Waals surface area (Å²) >= 11 is 0. The molecule has 0 amide bonds. The second-order valence-corrected chi connectivity index (χ2v) is 7.43. The minimum absolute atomic E-state index is 0.268. The van der Waals surface area contributed by atoms with Crippen molar-refractivity contribution in [1.82, 2.24) is 0 Å². The lowest BCUT2D eigenvalue weighted by Crippen LogP contribution is -2.13. The van der Waals surface area contributed by atoms with E-state index in [9.17, 15) is 8.42 Å². The van der Waals surface area contributed by atoms with Gasteiger partial charge in [-0.2, -0.15) is 0 Å². The Kier molecular flexibility index (Phi) is 3.83. The topological polar surface area (TPSA) is 55.4 Å². The summed E-state index contributed by atoms with van der Waals surface area (Å²) in [5.74, 6) is 1.20. The summed E-state index contributed by atoms with van der Waals surface area (Å²) < 4.78 is 33.0. The zero-order valence-corrected chi connectivity index (χ0v) is 13.5. The average molecular weight is 317 g/mol. The maximum absolute atomic E-state index is 12.5. The Balaban J connectivity index is 1.84. The molecule has 0 spiro atoms. The summed E-state index contributed by atoms with van der Waals surface area (Å²) in [4.78, 5) is 0.268. The molecule has 0 aromatic heterocycles. The van der Waals surface area contributed by atoms with Crippen LogP contribution < -0.4 is 9.46 Å². The number of hydrogen-bond acceptors (Lipinski definition) is 3. The summed E-state index contributed by atoms with van der Waals surface area (Å²) in [6.07, 6.45) is 0.752. The molecule has 3 rings (SSSR count). The van der Waals surface area contributed by atoms with Gasteiger partial charge in [-0.25, -0.2) is 8.42 Å². The smallest absolute Gasteiger partial charge is 0.261 e. The normalized spacial score (nSPS) is 13.8. The molecule has 0 unspecified atom stereocenters. The molecule has 116 valence electrons. The minimum Gasteiger partial charge on any atom is -0.493 e. The number of nitrogens with one attached hydrogen (secondary N) is 1. The van der Waals surface area contributed by atoms with Crippen LogP contribution in [0.15, 0.2) is 47.4 Å². The summed E-state index contributed by atoms with van der Waals surface area (Å²) in [7, 11) is -3.57. The maximum atomic E-state index is 12.5. The fraction of sp³-hybridized carbons (Fsp3) is 0.294. The quantitative estimate of drug-likeness (QED) is 0.938. The molecule has 0 bridgehead atoms. The van der Waals surface area contributed by atoms with Crippen molar-refractivity contribution in [1.29, 1.82) is 0 Å². The third-order valence-electron chi connectivity index (χ3n) is 3.80. The van der Waals surface area contributed by atoms with Crippen molar-refractivity contribution in [3.63, 3.8) is 0 Å². The number of fused-ring (bicyclic) bond motifs is 1. The Labute approximate surface area is 131 Å². The lowest BCUT2D eigenvalue weighted by atomic mass is 10.0. The Bertz CT molecular complexity index is 780. The number of ether oxygens (including phenoxy) is 1. The molecule has 0 aliphatic carbocycles. The van der Waals surface area contributed by atoms with Crippen LogP contribution >= 0.6 is 0 Å². The van der Waals surface area contributed by atoms with Crippen molar-refractivity contribution in [2.45, 2.75) is 31.1 Å². The summed E-state index contributed by atoms with van der Waals surface area (Å²) in [6, 6.07) is 12.5. The Morgan fingerprint density at radius 2 is 1.82 bits per heavy atom. The van der Waals surface area contributed by atoms with Crippen molar-refractivity contribution in [3.05, 3.63) is 53.6 Å². The van der Waals surface area contributed by atoms with E-state index in [0.717, 1.165) is 17.7 Å². The largest absolute Gasteiger partial charge is 0.493 e. The van der Waals surface area contributed by atoms with E-state index >= 15 is 0 Å². The molecule has 0 atom stereocenters. The standard InChI is InChI=1S/C17H19NO3S/c1-12(2)13-3-5-15(6-4-13)18-22(19,20)16-7-8-17-14(11-16)9-10-21-17/h3-8,11-12,18H,9-10H2,1-2H3. The first-order valence-electron chi connectivity index (χ1n) is 7.34. The Morgan fingerprint density at radius 1 is 1.09 bits per heavy atom. The number of rotatable bonds is 4. The Hall–Kier alpha value is -2.01. The number of benzene rings is 2. The van der Waals surface area contributed by atoms with Gasteiger partial charge >= 0.3 is 0 Å². The van der Waals surface area contributed by atoms with Gasteiger partial charge < -0.3 is 4.74 Å². The lowest BCUT2D eigenvalue weighted by Gasteiger charge is -2.11. The molecule has 1 aliphatic rings. The van der Waals surface area contributed by atoms with Gasteiger partial charge in [0.25, 0.3) is 10.0 Å².